The van der Waals surface area contributed by atoms with Crippen LogP contribution in [0.1, 0.15) is 23.4 Å². The molecule has 0 saturated heterocycles. The van der Waals surface area contributed by atoms with Crippen molar-refractivity contribution in [2.75, 3.05) is 7.05 Å². The monoisotopic (exact) mass is 340 g/mol. The van der Waals surface area contributed by atoms with Crippen molar-refractivity contribution >= 4 is 33.0 Å². The quantitative estimate of drug-likeness (QED) is 0.853. The molecule has 0 bridgehead atoms. The average Bonchev–Trinajstić information content (AvgIpc) is 2.96. The zero-order chi connectivity index (χ0) is 15.6. The fourth-order valence-corrected chi connectivity index (χ4v) is 4.80. The van der Waals surface area contributed by atoms with Gasteiger partial charge in [-0.05, 0) is 30.7 Å². The summed E-state index contributed by atoms with van der Waals surface area (Å²) in [5, 5.41) is 9.34. The molecule has 1 atom stereocenters. The normalized spacial score (nSPS) is 13.1. The second kappa shape index (κ2) is 6.16. The third kappa shape index (κ3) is 3.11. The number of benzene rings is 1. The van der Waals surface area contributed by atoms with Crippen LogP contribution in [0.25, 0.3) is 0 Å². The molecule has 1 aromatic carbocycles. The Morgan fingerprint density at radius 1 is 1.29 bits per heavy atom. The smallest absolute Gasteiger partial charge is 0.206 e. The Balaban J connectivity index is 2.36. The summed E-state index contributed by atoms with van der Waals surface area (Å²) >= 11 is 7.09. The molecule has 0 radical (unpaired) electrons. The minimum atomic E-state index is -3.65. The maximum atomic E-state index is 12.6. The molecule has 2 rings (SSSR count). The third-order valence-corrected chi connectivity index (χ3v) is 6.96. The summed E-state index contributed by atoms with van der Waals surface area (Å²) in [4.78, 5) is 0.368. The zero-order valence-electron chi connectivity index (χ0n) is 11.4. The lowest BCUT2D eigenvalue weighted by Crippen LogP contribution is -2.29. The van der Waals surface area contributed by atoms with Crippen molar-refractivity contribution in [2.45, 2.75) is 17.2 Å². The molecule has 0 N–H and O–H groups in total. The fourth-order valence-electron chi connectivity index (χ4n) is 1.88. The minimum absolute atomic E-state index is 0.153. The Kier molecular flexibility index (Phi) is 4.69. The van der Waals surface area contributed by atoms with Gasteiger partial charge in [-0.15, -0.1) is 11.3 Å². The predicted octanol–water partition coefficient (Wildman–Crippen LogP) is 3.65. The van der Waals surface area contributed by atoms with Crippen molar-refractivity contribution in [3.05, 3.63) is 51.9 Å². The van der Waals surface area contributed by atoms with Crippen molar-refractivity contribution < 1.29 is 8.42 Å². The van der Waals surface area contributed by atoms with E-state index in [1.807, 2.05) is 12.1 Å². The molecule has 0 aliphatic heterocycles. The van der Waals surface area contributed by atoms with E-state index in [4.69, 9.17) is 16.9 Å². The third-order valence-electron chi connectivity index (χ3n) is 3.23. The van der Waals surface area contributed by atoms with E-state index in [0.29, 0.717) is 9.90 Å². The molecule has 0 aliphatic carbocycles. The van der Waals surface area contributed by atoms with Crippen LogP contribution in [0, 0.1) is 11.3 Å². The molecule has 0 aliphatic rings. The van der Waals surface area contributed by atoms with Crippen molar-refractivity contribution in [2.24, 2.45) is 0 Å². The Labute approximate surface area is 133 Å². The highest BCUT2D eigenvalue weighted by Gasteiger charge is 2.28. The SMILES string of the molecule is CC(c1ccccc1Cl)N(C)S(=O)(=O)c1ccc(C#N)s1. The lowest BCUT2D eigenvalue weighted by atomic mass is 10.1. The number of thiophene rings is 1. The summed E-state index contributed by atoms with van der Waals surface area (Å²) in [6.45, 7) is 1.78. The van der Waals surface area contributed by atoms with Crippen LogP contribution < -0.4 is 0 Å². The Morgan fingerprint density at radius 3 is 2.52 bits per heavy atom. The molecule has 1 aromatic heterocycles. The second-order valence-electron chi connectivity index (χ2n) is 4.45. The number of sulfonamides is 1. The van der Waals surface area contributed by atoms with Gasteiger partial charge in [0.15, 0.2) is 0 Å². The first kappa shape index (κ1) is 16.0. The molecule has 1 heterocycles. The maximum absolute atomic E-state index is 12.6. The van der Waals surface area contributed by atoms with Crippen molar-refractivity contribution in [3.8, 4) is 6.07 Å². The van der Waals surface area contributed by atoms with Gasteiger partial charge in [0, 0.05) is 18.1 Å². The van der Waals surface area contributed by atoms with E-state index in [2.05, 4.69) is 0 Å². The van der Waals surface area contributed by atoms with Gasteiger partial charge in [-0.1, -0.05) is 29.8 Å². The van der Waals surface area contributed by atoms with Crippen LogP contribution in [0.4, 0.5) is 0 Å². The number of hydrogen-bond donors (Lipinski definition) is 0. The van der Waals surface area contributed by atoms with Crippen LogP contribution >= 0.6 is 22.9 Å². The van der Waals surface area contributed by atoms with E-state index in [1.165, 1.54) is 23.5 Å². The molecule has 7 heteroatoms. The van der Waals surface area contributed by atoms with Crippen LogP contribution in [-0.2, 0) is 10.0 Å². The minimum Gasteiger partial charge on any atom is -0.206 e. The number of hydrogen-bond acceptors (Lipinski definition) is 4. The second-order valence-corrected chi connectivity index (χ2v) is 8.16. The van der Waals surface area contributed by atoms with Crippen LogP contribution in [0.3, 0.4) is 0 Å². The molecule has 0 amide bonds. The van der Waals surface area contributed by atoms with Crippen LogP contribution in [0.5, 0.6) is 0 Å². The number of nitrogens with zero attached hydrogens (tertiary/aromatic N) is 2. The van der Waals surface area contributed by atoms with E-state index in [9.17, 15) is 8.42 Å². The summed E-state index contributed by atoms with van der Waals surface area (Å²) in [5.74, 6) is 0. The summed E-state index contributed by atoms with van der Waals surface area (Å²) in [7, 11) is -2.14. The molecule has 4 nitrogen and oxygen atoms in total. The first-order valence-corrected chi connectivity index (χ1v) is 8.73. The Bertz CT molecular complexity index is 793. The topological polar surface area (TPSA) is 61.2 Å². The average molecular weight is 341 g/mol. The molecular formula is C14H13ClN2O2S2. The van der Waals surface area contributed by atoms with E-state index < -0.39 is 16.1 Å². The standard InChI is InChI=1S/C14H13ClN2O2S2/c1-10(12-5-3-4-6-13(12)15)17(2)21(18,19)14-8-7-11(9-16)20-14/h3-8,10H,1-2H3. The summed E-state index contributed by atoms with van der Waals surface area (Å²) < 4.78 is 26.6. The molecule has 2 aromatic rings. The summed E-state index contributed by atoms with van der Waals surface area (Å²) in [6.07, 6.45) is 0. The molecule has 21 heavy (non-hydrogen) atoms. The molecular weight excluding hydrogens is 328 g/mol. The Hall–Kier alpha value is -1.39. The summed E-state index contributed by atoms with van der Waals surface area (Å²) in [5.41, 5.74) is 0.738. The summed E-state index contributed by atoms with van der Waals surface area (Å²) in [6, 6.07) is 11.6. The zero-order valence-corrected chi connectivity index (χ0v) is 13.8. The highest BCUT2D eigenvalue weighted by atomic mass is 35.5. The first-order chi connectivity index (χ1) is 9.87. The molecule has 0 saturated carbocycles. The van der Waals surface area contributed by atoms with Gasteiger partial charge < -0.3 is 0 Å². The van der Waals surface area contributed by atoms with E-state index >= 15 is 0 Å². The van der Waals surface area contributed by atoms with Gasteiger partial charge in [-0.25, -0.2) is 8.42 Å². The van der Waals surface area contributed by atoms with Gasteiger partial charge >= 0.3 is 0 Å². The highest BCUT2D eigenvalue weighted by Crippen LogP contribution is 2.32. The molecule has 1 unspecified atom stereocenters. The van der Waals surface area contributed by atoms with E-state index in [0.717, 1.165) is 16.9 Å². The van der Waals surface area contributed by atoms with Crippen molar-refractivity contribution in [1.29, 1.82) is 5.26 Å². The van der Waals surface area contributed by atoms with Gasteiger partial charge in [-0.2, -0.15) is 9.57 Å². The van der Waals surface area contributed by atoms with Gasteiger partial charge in [0.05, 0.1) is 0 Å². The molecule has 110 valence electrons. The number of nitriles is 1. The van der Waals surface area contributed by atoms with Gasteiger partial charge in [0.25, 0.3) is 10.0 Å². The van der Waals surface area contributed by atoms with E-state index in [1.54, 1.807) is 25.1 Å². The van der Waals surface area contributed by atoms with Gasteiger partial charge in [-0.3, -0.25) is 0 Å². The van der Waals surface area contributed by atoms with Crippen molar-refractivity contribution in [3.63, 3.8) is 0 Å². The van der Waals surface area contributed by atoms with Crippen molar-refractivity contribution in [1.82, 2.24) is 4.31 Å². The fraction of sp³-hybridized carbons (Fsp3) is 0.214. The largest absolute Gasteiger partial charge is 0.252 e. The molecule has 0 spiro atoms. The van der Waals surface area contributed by atoms with Crippen LogP contribution in [0.15, 0.2) is 40.6 Å². The number of rotatable bonds is 4. The Morgan fingerprint density at radius 2 is 1.95 bits per heavy atom. The number of halogens is 1. The van der Waals surface area contributed by atoms with E-state index in [-0.39, 0.29) is 4.21 Å². The van der Waals surface area contributed by atoms with Crippen LogP contribution in [0.2, 0.25) is 5.02 Å². The first-order valence-electron chi connectivity index (χ1n) is 6.10. The lowest BCUT2D eigenvalue weighted by molar-refractivity contribution is 0.399. The van der Waals surface area contributed by atoms with Gasteiger partial charge in [0.1, 0.15) is 15.2 Å². The molecule has 0 fully saturated rings. The van der Waals surface area contributed by atoms with Crippen LogP contribution in [-0.4, -0.2) is 19.8 Å². The highest BCUT2D eigenvalue weighted by molar-refractivity contribution is 7.91. The lowest BCUT2D eigenvalue weighted by Gasteiger charge is -2.24. The maximum Gasteiger partial charge on any atom is 0.252 e. The van der Waals surface area contributed by atoms with Gasteiger partial charge in [0.2, 0.25) is 0 Å². The predicted molar refractivity (Wildman–Crippen MR) is 83.8 cm³/mol.